The van der Waals surface area contributed by atoms with Gasteiger partial charge in [0.2, 0.25) is 0 Å². The molecule has 0 spiro atoms. The van der Waals surface area contributed by atoms with Gasteiger partial charge in [-0.25, -0.2) is 0 Å². The van der Waals surface area contributed by atoms with E-state index in [2.05, 4.69) is 62.2 Å². The Morgan fingerprint density at radius 2 is 1.85 bits per heavy atom. The van der Waals surface area contributed by atoms with Crippen LogP contribution in [0.15, 0.2) is 36.4 Å². The molecule has 2 saturated heterocycles. The maximum absolute atomic E-state index is 13.0. The zero-order chi connectivity index (χ0) is 18.4. The third-order valence-corrected chi connectivity index (χ3v) is 7.00. The lowest BCUT2D eigenvalue weighted by molar-refractivity contribution is -0.126. The van der Waals surface area contributed by atoms with Crippen LogP contribution in [-0.2, 0) is 4.79 Å². The number of carbonyl (C=O) groups excluding carboxylic acids is 1. The molecule has 0 saturated carbocycles. The Hall–Kier alpha value is -1.67. The van der Waals surface area contributed by atoms with E-state index in [0.29, 0.717) is 36.1 Å². The molecule has 2 aromatic rings. The number of hydrogen-bond acceptors (Lipinski definition) is 2. The van der Waals surface area contributed by atoms with Crippen molar-refractivity contribution in [3.05, 3.63) is 47.5 Å². The summed E-state index contributed by atoms with van der Waals surface area (Å²) in [5.74, 6) is 1.47. The second kappa shape index (κ2) is 6.81. The van der Waals surface area contributed by atoms with Gasteiger partial charge in [-0.05, 0) is 60.0 Å². The smallest absolute Gasteiger partial charge is 0.137 e. The summed E-state index contributed by atoms with van der Waals surface area (Å²) in [6.45, 7) is 6.56. The van der Waals surface area contributed by atoms with Gasteiger partial charge in [-0.15, -0.1) is 0 Å². The van der Waals surface area contributed by atoms with Crippen LogP contribution in [0.25, 0.3) is 10.8 Å². The lowest BCUT2D eigenvalue weighted by Crippen LogP contribution is -2.48. The van der Waals surface area contributed by atoms with Gasteiger partial charge in [0.05, 0.1) is 0 Å². The molecule has 0 N–H and O–H groups in total. The summed E-state index contributed by atoms with van der Waals surface area (Å²) in [6.07, 6.45) is 4.19. The number of ketones is 1. The highest BCUT2D eigenvalue weighted by atomic mass is 16.1. The average molecular weight is 350 g/mol. The fourth-order valence-corrected chi connectivity index (χ4v) is 5.63. The van der Waals surface area contributed by atoms with E-state index >= 15 is 0 Å². The molecular formula is C24H31NO. The normalized spacial score (nSPS) is 28.8. The fraction of sp³-hybridized carbons (Fsp3) is 0.542. The van der Waals surface area contributed by atoms with Crippen LogP contribution in [0.5, 0.6) is 0 Å². The molecule has 2 aliphatic rings. The van der Waals surface area contributed by atoms with Crippen LogP contribution in [0.2, 0.25) is 0 Å². The first-order valence-electron chi connectivity index (χ1n) is 10.3. The van der Waals surface area contributed by atoms with Gasteiger partial charge >= 0.3 is 0 Å². The van der Waals surface area contributed by atoms with E-state index in [1.165, 1.54) is 34.7 Å². The van der Waals surface area contributed by atoms with Crippen molar-refractivity contribution in [1.29, 1.82) is 0 Å². The number of piperidine rings is 1. The molecular weight excluding hydrogens is 318 g/mol. The first kappa shape index (κ1) is 17.7. The number of fused-ring (bicyclic) bond motifs is 3. The van der Waals surface area contributed by atoms with Crippen molar-refractivity contribution in [3.8, 4) is 0 Å². The molecule has 2 heteroatoms. The van der Waals surface area contributed by atoms with Gasteiger partial charge in [-0.1, -0.05) is 57.2 Å². The zero-order valence-corrected chi connectivity index (χ0v) is 16.5. The highest BCUT2D eigenvalue weighted by Gasteiger charge is 2.48. The number of carbonyl (C=O) groups is 1. The largest absolute Gasteiger partial charge is 0.300 e. The monoisotopic (exact) mass is 349 g/mol. The molecule has 0 amide bonds. The van der Waals surface area contributed by atoms with E-state index in [9.17, 15) is 4.79 Å². The third kappa shape index (κ3) is 2.70. The molecule has 0 aliphatic carbocycles. The molecule has 138 valence electrons. The fourth-order valence-electron chi connectivity index (χ4n) is 5.63. The van der Waals surface area contributed by atoms with Crippen molar-refractivity contribution in [1.82, 2.24) is 4.90 Å². The van der Waals surface area contributed by atoms with Crippen LogP contribution in [0.3, 0.4) is 0 Å². The summed E-state index contributed by atoms with van der Waals surface area (Å²) in [4.78, 5) is 15.5. The first-order valence-corrected chi connectivity index (χ1v) is 10.3. The molecule has 2 aliphatic heterocycles. The molecule has 26 heavy (non-hydrogen) atoms. The Morgan fingerprint density at radius 3 is 2.54 bits per heavy atom. The maximum Gasteiger partial charge on any atom is 0.137 e. The molecule has 2 fully saturated rings. The highest BCUT2D eigenvalue weighted by Crippen LogP contribution is 2.48. The van der Waals surface area contributed by atoms with E-state index in [0.717, 1.165) is 6.42 Å². The predicted molar refractivity (Wildman–Crippen MR) is 109 cm³/mol. The van der Waals surface area contributed by atoms with Crippen molar-refractivity contribution in [3.63, 3.8) is 0 Å². The topological polar surface area (TPSA) is 20.3 Å². The lowest BCUT2D eigenvalue weighted by Gasteiger charge is -2.43. The van der Waals surface area contributed by atoms with Crippen molar-refractivity contribution < 1.29 is 4.79 Å². The number of benzene rings is 2. The molecule has 0 unspecified atom stereocenters. The van der Waals surface area contributed by atoms with Crippen LogP contribution in [0, 0.1) is 5.92 Å². The maximum atomic E-state index is 13.0. The van der Waals surface area contributed by atoms with Crippen molar-refractivity contribution in [2.24, 2.45) is 5.92 Å². The minimum atomic E-state index is 0.150. The van der Waals surface area contributed by atoms with E-state index in [-0.39, 0.29) is 5.92 Å². The molecule has 2 aromatic carbocycles. The van der Waals surface area contributed by atoms with Gasteiger partial charge in [-0.3, -0.25) is 9.69 Å². The summed E-state index contributed by atoms with van der Waals surface area (Å²) < 4.78 is 0. The number of nitrogens with zero attached hydrogens (tertiary/aromatic N) is 1. The Balaban J connectivity index is 1.86. The summed E-state index contributed by atoms with van der Waals surface area (Å²) in [5.41, 5.74) is 2.82. The molecule has 4 rings (SSSR count). The van der Waals surface area contributed by atoms with Crippen LogP contribution < -0.4 is 0 Å². The Bertz CT molecular complexity index is 824. The molecule has 2 nitrogen and oxygen atoms in total. The summed E-state index contributed by atoms with van der Waals surface area (Å²) in [6, 6.07) is 14.5. The van der Waals surface area contributed by atoms with Gasteiger partial charge in [0, 0.05) is 24.4 Å². The van der Waals surface area contributed by atoms with Crippen LogP contribution in [0.1, 0.15) is 69.4 Å². The SMILES string of the molecule is CCC(=O)[C@H]1[C@@H](c2ccc(C(C)C)c3ccccc23)C[C@@H]2CC[C@H]1N2C. The third-order valence-electron chi connectivity index (χ3n) is 7.00. The van der Waals surface area contributed by atoms with Crippen molar-refractivity contribution >= 4 is 16.6 Å². The summed E-state index contributed by atoms with van der Waals surface area (Å²) >= 11 is 0. The van der Waals surface area contributed by atoms with Gasteiger partial charge in [0.15, 0.2) is 0 Å². The Morgan fingerprint density at radius 1 is 1.12 bits per heavy atom. The quantitative estimate of drug-likeness (QED) is 0.725. The summed E-state index contributed by atoms with van der Waals surface area (Å²) in [5, 5.41) is 2.73. The predicted octanol–water partition coefficient (Wildman–Crippen LogP) is 5.51. The average Bonchev–Trinajstić information content (AvgIpc) is 2.89. The molecule has 0 radical (unpaired) electrons. The Labute approximate surface area is 157 Å². The Kier molecular flexibility index (Phi) is 4.64. The minimum absolute atomic E-state index is 0.150. The second-order valence-corrected chi connectivity index (χ2v) is 8.60. The highest BCUT2D eigenvalue weighted by molar-refractivity contribution is 5.91. The lowest BCUT2D eigenvalue weighted by atomic mass is 9.72. The van der Waals surface area contributed by atoms with Crippen LogP contribution in [0.4, 0.5) is 0 Å². The van der Waals surface area contributed by atoms with Crippen molar-refractivity contribution in [2.45, 2.75) is 70.4 Å². The zero-order valence-electron chi connectivity index (χ0n) is 16.5. The van der Waals surface area contributed by atoms with E-state index in [1.807, 2.05) is 6.92 Å². The van der Waals surface area contributed by atoms with Gasteiger partial charge in [0.25, 0.3) is 0 Å². The molecule has 2 bridgehead atoms. The summed E-state index contributed by atoms with van der Waals surface area (Å²) in [7, 11) is 2.23. The van der Waals surface area contributed by atoms with E-state index in [4.69, 9.17) is 0 Å². The molecule has 0 aromatic heterocycles. The molecule has 4 atom stereocenters. The minimum Gasteiger partial charge on any atom is -0.300 e. The van der Waals surface area contributed by atoms with Gasteiger partial charge < -0.3 is 0 Å². The van der Waals surface area contributed by atoms with Gasteiger partial charge in [-0.2, -0.15) is 0 Å². The number of rotatable bonds is 4. The van der Waals surface area contributed by atoms with E-state index in [1.54, 1.807) is 0 Å². The second-order valence-electron chi connectivity index (χ2n) is 8.60. The van der Waals surface area contributed by atoms with E-state index < -0.39 is 0 Å². The number of Topliss-reactive ketones (excluding diaryl/α,β-unsaturated/α-hetero) is 1. The first-order chi connectivity index (χ1) is 12.5. The molecule has 2 heterocycles. The van der Waals surface area contributed by atoms with Crippen molar-refractivity contribution in [2.75, 3.05) is 7.05 Å². The van der Waals surface area contributed by atoms with Gasteiger partial charge in [0.1, 0.15) is 5.78 Å². The van der Waals surface area contributed by atoms with Crippen LogP contribution in [-0.4, -0.2) is 29.8 Å². The van der Waals surface area contributed by atoms with Crippen LogP contribution >= 0.6 is 0 Å². The standard InChI is InChI=1S/C24H31NO/c1-5-23(26)24-21(14-16-10-13-22(24)25(16)4)20-12-11-17(15(2)3)18-8-6-7-9-19(18)20/h6-9,11-12,15-16,21-22,24H,5,10,13-14H2,1-4H3/t16-,21+,22+,24-/m0/s1. The number of hydrogen-bond donors (Lipinski definition) is 0.